The monoisotopic (exact) mass is 320 g/mol. The molecule has 1 atom stereocenters. The molecule has 0 aliphatic rings. The highest BCUT2D eigenvalue weighted by atomic mass is 79.9. The lowest BCUT2D eigenvalue weighted by atomic mass is 10.2. The molecule has 1 heterocycles. The molecule has 1 amide bonds. The van der Waals surface area contributed by atoms with Gasteiger partial charge in [0.2, 0.25) is 0 Å². The third-order valence-corrected chi connectivity index (χ3v) is 2.81. The van der Waals surface area contributed by atoms with Crippen LogP contribution in [-0.2, 0) is 4.74 Å². The molecule has 4 nitrogen and oxygen atoms in total. The van der Waals surface area contributed by atoms with E-state index in [0.717, 1.165) is 4.47 Å². The molecule has 6 heteroatoms. The van der Waals surface area contributed by atoms with Crippen LogP contribution in [0.3, 0.4) is 0 Å². The molecule has 1 rings (SSSR count). The van der Waals surface area contributed by atoms with Crippen LogP contribution < -0.4 is 5.32 Å². The van der Waals surface area contributed by atoms with Gasteiger partial charge in [-0.05, 0) is 34.5 Å². The van der Waals surface area contributed by atoms with Gasteiger partial charge >= 0.3 is 0 Å². The van der Waals surface area contributed by atoms with E-state index in [1.54, 1.807) is 25.4 Å². The molecule has 0 fully saturated rings. The number of alkyl halides is 1. The van der Waals surface area contributed by atoms with Crippen molar-refractivity contribution < 1.29 is 9.53 Å². The molecule has 0 saturated heterocycles. The van der Waals surface area contributed by atoms with Crippen molar-refractivity contribution >= 4 is 33.4 Å². The number of methoxy groups -OCH3 is 1. The molecule has 0 aliphatic carbocycles. The number of nitrogens with one attached hydrogen (secondary N) is 1. The Labute approximate surface area is 114 Å². The van der Waals surface area contributed by atoms with Crippen molar-refractivity contribution in [3.05, 3.63) is 28.5 Å². The van der Waals surface area contributed by atoms with Crippen molar-refractivity contribution in [2.75, 3.05) is 19.6 Å². The lowest BCUT2D eigenvalue weighted by molar-refractivity contribution is 0.0890. The Kier molecular flexibility index (Phi) is 6.47. The van der Waals surface area contributed by atoms with E-state index in [1.165, 1.54) is 0 Å². The van der Waals surface area contributed by atoms with E-state index >= 15 is 0 Å². The number of hydrogen-bond donors (Lipinski definition) is 1. The summed E-state index contributed by atoms with van der Waals surface area (Å²) in [6, 6.07) is 3.34. The molecule has 0 aromatic carbocycles. The van der Waals surface area contributed by atoms with Crippen LogP contribution in [0.4, 0.5) is 0 Å². The van der Waals surface area contributed by atoms with Gasteiger partial charge in [0.15, 0.2) is 0 Å². The lowest BCUT2D eigenvalue weighted by Crippen LogP contribution is -2.38. The van der Waals surface area contributed by atoms with Crippen molar-refractivity contribution in [3.63, 3.8) is 0 Å². The third-order valence-electron chi connectivity index (χ3n) is 2.12. The van der Waals surface area contributed by atoms with Crippen LogP contribution in [0.15, 0.2) is 22.8 Å². The molecule has 94 valence electrons. The topological polar surface area (TPSA) is 51.2 Å². The largest absolute Gasteiger partial charge is 0.383 e. The van der Waals surface area contributed by atoms with Crippen LogP contribution in [0.2, 0.25) is 0 Å². The van der Waals surface area contributed by atoms with Gasteiger partial charge in [0.25, 0.3) is 5.91 Å². The van der Waals surface area contributed by atoms with E-state index < -0.39 is 0 Å². The molecular formula is C11H14BrClN2O2. The normalized spacial score (nSPS) is 12.2. The minimum atomic E-state index is -0.218. The maximum Gasteiger partial charge on any atom is 0.270 e. The second-order valence-electron chi connectivity index (χ2n) is 3.47. The third kappa shape index (κ3) is 5.02. The first-order valence-corrected chi connectivity index (χ1v) is 6.47. The Morgan fingerprint density at radius 3 is 2.94 bits per heavy atom. The molecule has 0 radical (unpaired) electrons. The van der Waals surface area contributed by atoms with E-state index in [0.29, 0.717) is 24.6 Å². The smallest absolute Gasteiger partial charge is 0.270 e. The molecule has 0 bridgehead atoms. The minimum Gasteiger partial charge on any atom is -0.383 e. The lowest BCUT2D eigenvalue weighted by Gasteiger charge is -2.16. The van der Waals surface area contributed by atoms with Crippen molar-refractivity contribution in [1.29, 1.82) is 0 Å². The molecular weight excluding hydrogens is 307 g/mol. The van der Waals surface area contributed by atoms with Gasteiger partial charge in [0, 0.05) is 23.7 Å². The maximum atomic E-state index is 11.8. The zero-order chi connectivity index (χ0) is 12.7. The molecule has 1 aromatic rings. The summed E-state index contributed by atoms with van der Waals surface area (Å²) < 4.78 is 5.85. The fourth-order valence-electron chi connectivity index (χ4n) is 1.30. The quantitative estimate of drug-likeness (QED) is 0.817. The average Bonchev–Trinajstić information content (AvgIpc) is 2.30. The predicted octanol–water partition coefficient (Wildman–Crippen LogP) is 2.22. The fourth-order valence-corrected chi connectivity index (χ4v) is 1.80. The number of aromatic nitrogens is 1. The Hall–Kier alpha value is -0.650. The number of nitrogens with zero attached hydrogens (tertiary/aromatic N) is 1. The van der Waals surface area contributed by atoms with Crippen LogP contribution in [0.1, 0.15) is 16.9 Å². The SMILES string of the molecule is COCC(CCCl)NC(=O)c1ccc(Br)cn1. The van der Waals surface area contributed by atoms with Gasteiger partial charge in [-0.1, -0.05) is 0 Å². The van der Waals surface area contributed by atoms with E-state index in [-0.39, 0.29) is 11.9 Å². The van der Waals surface area contributed by atoms with Crippen LogP contribution in [0.25, 0.3) is 0 Å². The Morgan fingerprint density at radius 2 is 2.41 bits per heavy atom. The molecule has 1 unspecified atom stereocenters. The summed E-state index contributed by atoms with van der Waals surface area (Å²) in [6.45, 7) is 0.439. The molecule has 0 spiro atoms. The Bertz CT molecular complexity index is 353. The summed E-state index contributed by atoms with van der Waals surface area (Å²) in [6.07, 6.45) is 2.25. The summed E-state index contributed by atoms with van der Waals surface area (Å²) in [4.78, 5) is 15.8. The van der Waals surface area contributed by atoms with Crippen molar-refractivity contribution in [2.45, 2.75) is 12.5 Å². The zero-order valence-corrected chi connectivity index (χ0v) is 11.8. The summed E-state index contributed by atoms with van der Waals surface area (Å²) in [5.74, 6) is 0.256. The van der Waals surface area contributed by atoms with E-state index in [2.05, 4.69) is 26.2 Å². The van der Waals surface area contributed by atoms with E-state index in [9.17, 15) is 4.79 Å². The Balaban J connectivity index is 2.60. The molecule has 0 aliphatic heterocycles. The minimum absolute atomic E-state index is 0.0875. The van der Waals surface area contributed by atoms with Gasteiger partial charge in [-0.2, -0.15) is 0 Å². The average molecular weight is 322 g/mol. The van der Waals surface area contributed by atoms with Crippen LogP contribution >= 0.6 is 27.5 Å². The van der Waals surface area contributed by atoms with E-state index in [1.807, 2.05) is 0 Å². The highest BCUT2D eigenvalue weighted by Crippen LogP contribution is 2.07. The van der Waals surface area contributed by atoms with E-state index in [4.69, 9.17) is 16.3 Å². The maximum absolute atomic E-state index is 11.8. The highest BCUT2D eigenvalue weighted by molar-refractivity contribution is 9.10. The molecule has 1 aromatic heterocycles. The predicted molar refractivity (Wildman–Crippen MR) is 70.4 cm³/mol. The second-order valence-corrected chi connectivity index (χ2v) is 4.76. The van der Waals surface area contributed by atoms with Crippen LogP contribution in [0, 0.1) is 0 Å². The van der Waals surface area contributed by atoms with Gasteiger partial charge in [-0.3, -0.25) is 4.79 Å². The summed E-state index contributed by atoms with van der Waals surface area (Å²) >= 11 is 8.92. The first-order valence-electron chi connectivity index (χ1n) is 5.14. The number of rotatable bonds is 6. The van der Waals surface area contributed by atoms with Gasteiger partial charge in [0.05, 0.1) is 12.6 Å². The van der Waals surface area contributed by atoms with Gasteiger partial charge < -0.3 is 10.1 Å². The van der Waals surface area contributed by atoms with Crippen molar-refractivity contribution in [1.82, 2.24) is 10.3 Å². The van der Waals surface area contributed by atoms with Gasteiger partial charge in [0.1, 0.15) is 5.69 Å². The molecule has 0 saturated carbocycles. The fraction of sp³-hybridized carbons (Fsp3) is 0.455. The summed E-state index contributed by atoms with van der Waals surface area (Å²) in [5, 5.41) is 2.83. The number of amides is 1. The number of halogens is 2. The summed E-state index contributed by atoms with van der Waals surface area (Å²) in [5.41, 5.74) is 0.379. The number of pyridine rings is 1. The summed E-state index contributed by atoms with van der Waals surface area (Å²) in [7, 11) is 1.59. The Morgan fingerprint density at radius 1 is 1.65 bits per heavy atom. The first kappa shape index (κ1) is 14.4. The number of carbonyl (C=O) groups excluding carboxylic acids is 1. The standard InChI is InChI=1S/C11H14BrClN2O2/c1-17-7-9(4-5-13)15-11(16)10-3-2-8(12)6-14-10/h2-3,6,9H,4-5,7H2,1H3,(H,15,16). The number of carbonyl (C=O) groups is 1. The van der Waals surface area contributed by atoms with Crippen molar-refractivity contribution in [2.24, 2.45) is 0 Å². The zero-order valence-electron chi connectivity index (χ0n) is 9.45. The molecule has 17 heavy (non-hydrogen) atoms. The van der Waals surface area contributed by atoms with Crippen LogP contribution in [-0.4, -0.2) is 36.5 Å². The van der Waals surface area contributed by atoms with Crippen LogP contribution in [0.5, 0.6) is 0 Å². The van der Waals surface area contributed by atoms with Gasteiger partial charge in [-0.15, -0.1) is 11.6 Å². The number of ether oxygens (including phenoxy) is 1. The highest BCUT2D eigenvalue weighted by Gasteiger charge is 2.13. The number of hydrogen-bond acceptors (Lipinski definition) is 3. The second kappa shape index (κ2) is 7.63. The van der Waals surface area contributed by atoms with Crippen molar-refractivity contribution in [3.8, 4) is 0 Å². The first-order chi connectivity index (χ1) is 8.17. The molecule has 1 N–H and O–H groups in total. The van der Waals surface area contributed by atoms with Gasteiger partial charge in [-0.25, -0.2) is 4.98 Å².